The average molecular weight is 506 g/mol. The highest BCUT2D eigenvalue weighted by molar-refractivity contribution is 6.01. The van der Waals surface area contributed by atoms with Crippen LogP contribution in [0.2, 0.25) is 0 Å². The number of fused-ring (bicyclic) bond motifs is 1. The Hall–Kier alpha value is -3.39. The van der Waals surface area contributed by atoms with Crippen molar-refractivity contribution in [2.24, 2.45) is 0 Å². The number of hydrogen-bond acceptors (Lipinski definition) is 5. The van der Waals surface area contributed by atoms with Crippen molar-refractivity contribution in [1.29, 1.82) is 0 Å². The van der Waals surface area contributed by atoms with Crippen LogP contribution >= 0.6 is 0 Å². The molecule has 2 saturated heterocycles. The van der Waals surface area contributed by atoms with Gasteiger partial charge >= 0.3 is 0 Å². The van der Waals surface area contributed by atoms with Crippen LogP contribution in [0.5, 0.6) is 11.5 Å². The lowest BCUT2D eigenvalue weighted by molar-refractivity contribution is -0.126. The van der Waals surface area contributed by atoms with Gasteiger partial charge in [0.25, 0.3) is 5.91 Å². The molecule has 37 heavy (non-hydrogen) atoms. The number of likely N-dealkylation sites (tertiary alicyclic amines) is 1. The van der Waals surface area contributed by atoms with E-state index in [1.54, 1.807) is 17.0 Å². The van der Waals surface area contributed by atoms with Gasteiger partial charge in [0, 0.05) is 43.0 Å². The van der Waals surface area contributed by atoms with E-state index in [9.17, 15) is 14.0 Å². The molecule has 1 N–H and O–H groups in total. The molecule has 2 aromatic carbocycles. The Morgan fingerprint density at radius 2 is 1.78 bits per heavy atom. The Morgan fingerprint density at radius 3 is 2.59 bits per heavy atom. The second-order valence-corrected chi connectivity index (χ2v) is 10.6. The number of carbonyl (C=O) groups excluding carboxylic acids is 2. The zero-order valence-corrected chi connectivity index (χ0v) is 20.8. The highest BCUT2D eigenvalue weighted by Gasteiger charge is 2.41. The van der Waals surface area contributed by atoms with Gasteiger partial charge in [-0.05, 0) is 68.0 Å². The van der Waals surface area contributed by atoms with Gasteiger partial charge in [-0.3, -0.25) is 14.5 Å². The Balaban J connectivity index is 1.09. The minimum absolute atomic E-state index is 0.0514. The van der Waals surface area contributed by atoms with Gasteiger partial charge in [0.15, 0.2) is 0 Å². The van der Waals surface area contributed by atoms with Crippen LogP contribution in [0, 0.1) is 5.82 Å². The van der Waals surface area contributed by atoms with Crippen LogP contribution in [-0.4, -0.2) is 59.0 Å². The van der Waals surface area contributed by atoms with E-state index in [0.29, 0.717) is 42.4 Å². The van der Waals surface area contributed by atoms with Gasteiger partial charge in [0.1, 0.15) is 35.6 Å². The molecule has 3 fully saturated rings. The van der Waals surface area contributed by atoms with Gasteiger partial charge in [-0.25, -0.2) is 4.39 Å². The maximum atomic E-state index is 13.5. The summed E-state index contributed by atoms with van der Waals surface area (Å²) in [6.07, 6.45) is 5.72. The number of carbonyl (C=O) groups is 2. The van der Waals surface area contributed by atoms with Crippen LogP contribution in [0.25, 0.3) is 0 Å². The maximum Gasteiger partial charge on any atom is 0.255 e. The smallest absolute Gasteiger partial charge is 0.255 e. The topological polar surface area (TPSA) is 71.1 Å². The van der Waals surface area contributed by atoms with E-state index in [2.05, 4.69) is 16.8 Å². The summed E-state index contributed by atoms with van der Waals surface area (Å²) in [4.78, 5) is 29.6. The van der Waals surface area contributed by atoms with E-state index < -0.39 is 6.04 Å². The second-order valence-electron chi connectivity index (χ2n) is 10.6. The molecule has 1 aliphatic carbocycles. The fraction of sp³-hybridized carbons (Fsp3) is 0.448. The first kappa shape index (κ1) is 24.0. The van der Waals surface area contributed by atoms with Crippen molar-refractivity contribution < 1.29 is 23.5 Å². The predicted molar refractivity (Wildman–Crippen MR) is 136 cm³/mol. The molecule has 0 spiro atoms. The molecule has 1 saturated carbocycles. The third-order valence-corrected chi connectivity index (χ3v) is 8.01. The molecule has 2 amide bonds. The minimum Gasteiger partial charge on any atom is -0.489 e. The molecule has 3 atom stereocenters. The summed E-state index contributed by atoms with van der Waals surface area (Å²) in [6, 6.07) is 11.8. The standard InChI is InChI=1S/C29H32FN3O4/c1-18-9-12-26(28(34)31-18)33-15-19-13-22(10-11-24(19)29(33)35)37-27-8-3-2-7-25(27)32-16-23(17-32)36-21-6-4-5-20(30)14-21/h4-6,10-11,13-14,23,25-27H,1-3,7-9,12,15-17H2,(H,31,34)/t25-,26?,27-/m1/s1. The molecule has 3 aliphatic heterocycles. The molecule has 2 aromatic rings. The number of ether oxygens (including phenoxy) is 2. The molecule has 4 aliphatic rings. The SMILES string of the molecule is C=C1CCC(N2Cc3cc(O[C@@H]4CCCC[C@H]4N4CC(Oc5cccc(F)c5)C4)ccc3C2=O)C(=O)N1. The lowest BCUT2D eigenvalue weighted by Crippen LogP contribution is -2.62. The molecule has 8 heteroatoms. The Morgan fingerprint density at radius 1 is 0.973 bits per heavy atom. The monoisotopic (exact) mass is 505 g/mol. The van der Waals surface area contributed by atoms with E-state index in [-0.39, 0.29) is 29.8 Å². The molecule has 0 radical (unpaired) electrons. The molecule has 7 nitrogen and oxygen atoms in total. The zero-order valence-electron chi connectivity index (χ0n) is 20.8. The Kier molecular flexibility index (Phi) is 6.36. The van der Waals surface area contributed by atoms with Crippen LogP contribution < -0.4 is 14.8 Å². The molecular weight excluding hydrogens is 473 g/mol. The number of piperidine rings is 1. The van der Waals surface area contributed by atoms with Crippen molar-refractivity contribution in [3.8, 4) is 11.5 Å². The predicted octanol–water partition coefficient (Wildman–Crippen LogP) is 4.03. The molecule has 6 rings (SSSR count). The number of nitrogens with one attached hydrogen (secondary N) is 1. The number of benzene rings is 2. The summed E-state index contributed by atoms with van der Waals surface area (Å²) >= 11 is 0. The van der Waals surface area contributed by atoms with E-state index in [1.807, 2.05) is 18.2 Å². The van der Waals surface area contributed by atoms with E-state index in [4.69, 9.17) is 9.47 Å². The highest BCUT2D eigenvalue weighted by Crippen LogP contribution is 2.34. The van der Waals surface area contributed by atoms with Gasteiger partial charge in [-0.1, -0.05) is 19.1 Å². The molecule has 0 bridgehead atoms. The fourth-order valence-electron chi connectivity index (χ4n) is 6.06. The molecule has 1 unspecified atom stereocenters. The van der Waals surface area contributed by atoms with E-state index in [0.717, 1.165) is 43.7 Å². The molecule has 194 valence electrons. The summed E-state index contributed by atoms with van der Waals surface area (Å²) in [5.74, 6) is 0.780. The van der Waals surface area contributed by atoms with Crippen molar-refractivity contribution in [2.75, 3.05) is 13.1 Å². The summed E-state index contributed by atoms with van der Waals surface area (Å²) in [5, 5.41) is 2.78. The van der Waals surface area contributed by atoms with Crippen LogP contribution in [0.3, 0.4) is 0 Å². The minimum atomic E-state index is -0.466. The number of amides is 2. The molecular formula is C29H32FN3O4. The van der Waals surface area contributed by atoms with Gasteiger partial charge in [-0.2, -0.15) is 0 Å². The number of halogens is 1. The van der Waals surface area contributed by atoms with Crippen molar-refractivity contribution in [1.82, 2.24) is 15.1 Å². The van der Waals surface area contributed by atoms with Gasteiger partial charge in [0.05, 0.1) is 0 Å². The van der Waals surface area contributed by atoms with Crippen molar-refractivity contribution >= 4 is 11.8 Å². The Bertz CT molecular complexity index is 1230. The lowest BCUT2D eigenvalue weighted by atomic mass is 9.89. The summed E-state index contributed by atoms with van der Waals surface area (Å²) in [5.41, 5.74) is 2.25. The second kappa shape index (κ2) is 9.82. The van der Waals surface area contributed by atoms with Crippen molar-refractivity contribution in [3.63, 3.8) is 0 Å². The number of rotatable bonds is 6. The number of hydrogen-bond donors (Lipinski definition) is 1. The van der Waals surface area contributed by atoms with Crippen molar-refractivity contribution in [2.45, 2.75) is 69.4 Å². The lowest BCUT2D eigenvalue weighted by Gasteiger charge is -2.47. The highest BCUT2D eigenvalue weighted by atomic mass is 19.1. The third kappa shape index (κ3) is 4.82. The quantitative estimate of drug-likeness (QED) is 0.642. The van der Waals surface area contributed by atoms with Crippen LogP contribution in [-0.2, 0) is 11.3 Å². The van der Waals surface area contributed by atoms with Crippen LogP contribution in [0.4, 0.5) is 4.39 Å². The van der Waals surface area contributed by atoms with Gasteiger partial charge in [0.2, 0.25) is 5.91 Å². The maximum absolute atomic E-state index is 13.5. The molecule has 3 heterocycles. The van der Waals surface area contributed by atoms with Gasteiger partial charge in [-0.15, -0.1) is 0 Å². The first-order chi connectivity index (χ1) is 17.9. The molecule has 0 aromatic heterocycles. The number of nitrogens with zero attached hydrogens (tertiary/aromatic N) is 2. The summed E-state index contributed by atoms with van der Waals surface area (Å²) in [6.45, 7) is 5.83. The fourth-order valence-corrected chi connectivity index (χ4v) is 6.06. The van der Waals surface area contributed by atoms with E-state index >= 15 is 0 Å². The third-order valence-electron chi connectivity index (χ3n) is 8.01. The first-order valence-corrected chi connectivity index (χ1v) is 13.2. The van der Waals surface area contributed by atoms with Gasteiger partial charge < -0.3 is 19.7 Å². The zero-order chi connectivity index (χ0) is 25.5. The van der Waals surface area contributed by atoms with E-state index in [1.165, 1.54) is 18.6 Å². The summed E-state index contributed by atoms with van der Waals surface area (Å²) < 4.78 is 25.9. The normalized spacial score (nSPS) is 26.5. The first-order valence-electron chi connectivity index (χ1n) is 13.2. The average Bonchev–Trinajstić information content (AvgIpc) is 3.17. The largest absolute Gasteiger partial charge is 0.489 e. The van der Waals surface area contributed by atoms with Crippen LogP contribution in [0.1, 0.15) is 54.4 Å². The summed E-state index contributed by atoms with van der Waals surface area (Å²) in [7, 11) is 0. The Labute approximate surface area is 216 Å². The van der Waals surface area contributed by atoms with Crippen LogP contribution in [0.15, 0.2) is 54.7 Å². The number of allylic oxidation sites excluding steroid dienone is 1. The van der Waals surface area contributed by atoms with Crippen molar-refractivity contribution in [3.05, 3.63) is 71.7 Å².